The number of hydrogen-bond donors (Lipinski definition) is 3. The molecule has 2 rings (SSSR count). The molecule has 2 amide bonds. The van der Waals surface area contributed by atoms with E-state index in [1.54, 1.807) is 0 Å². The van der Waals surface area contributed by atoms with Crippen molar-refractivity contribution in [1.82, 2.24) is 10.8 Å². The Morgan fingerprint density at radius 3 is 2.76 bits per heavy atom. The monoisotopic (exact) mass is 240 g/mol. The molecule has 0 spiro atoms. The Kier molecular flexibility index (Phi) is 4.39. The molecule has 0 aromatic heterocycles. The first kappa shape index (κ1) is 12.4. The number of urea groups is 1. The lowest BCUT2D eigenvalue weighted by Gasteiger charge is -2.15. The van der Waals surface area contributed by atoms with Gasteiger partial charge in [-0.3, -0.25) is 4.84 Å². The highest BCUT2D eigenvalue weighted by atomic mass is 16.7. The van der Waals surface area contributed by atoms with Crippen LogP contribution in [0.3, 0.4) is 0 Å². The smallest absolute Gasteiger partial charge is 0.339 e. The number of hydroxylamine groups is 1. The fourth-order valence-corrected chi connectivity index (χ4v) is 2.36. The van der Waals surface area contributed by atoms with Crippen LogP contribution in [0, 0.1) is 5.92 Å². The number of aliphatic hydroxyl groups excluding tert-OH is 1. The molecule has 0 heterocycles. The maximum absolute atomic E-state index is 11.5. The van der Waals surface area contributed by atoms with E-state index in [1.807, 2.05) is 12.2 Å². The normalized spacial score (nSPS) is 28.5. The second-order valence-electron chi connectivity index (χ2n) is 4.77. The van der Waals surface area contributed by atoms with Crippen LogP contribution in [0.5, 0.6) is 0 Å². The van der Waals surface area contributed by atoms with Crippen molar-refractivity contribution in [3.63, 3.8) is 0 Å². The molecule has 0 radical (unpaired) electrons. The number of amides is 2. The van der Waals surface area contributed by atoms with Gasteiger partial charge in [-0.05, 0) is 19.3 Å². The Morgan fingerprint density at radius 2 is 2.12 bits per heavy atom. The Hall–Kier alpha value is -1.07. The lowest BCUT2D eigenvalue weighted by atomic mass is 10.1. The molecule has 5 heteroatoms. The third-order valence-electron chi connectivity index (χ3n) is 3.34. The predicted octanol–water partition coefficient (Wildman–Crippen LogP) is 1.10. The Morgan fingerprint density at radius 1 is 1.35 bits per heavy atom. The van der Waals surface area contributed by atoms with Crippen LogP contribution in [0.2, 0.25) is 0 Å². The second kappa shape index (κ2) is 6.02. The van der Waals surface area contributed by atoms with Crippen LogP contribution in [0.1, 0.15) is 32.1 Å². The van der Waals surface area contributed by atoms with Crippen LogP contribution in [0.25, 0.3) is 0 Å². The molecule has 0 unspecified atom stereocenters. The van der Waals surface area contributed by atoms with Gasteiger partial charge in [0, 0.05) is 18.6 Å². The van der Waals surface area contributed by atoms with E-state index < -0.39 is 0 Å². The molecule has 3 N–H and O–H groups in total. The zero-order valence-corrected chi connectivity index (χ0v) is 9.89. The third-order valence-corrected chi connectivity index (χ3v) is 3.34. The van der Waals surface area contributed by atoms with Gasteiger partial charge in [0.25, 0.3) is 0 Å². The zero-order valence-electron chi connectivity index (χ0n) is 9.89. The highest BCUT2D eigenvalue weighted by Gasteiger charge is 2.21. The van der Waals surface area contributed by atoms with Gasteiger partial charge in [0.05, 0.1) is 6.10 Å². The van der Waals surface area contributed by atoms with E-state index in [0.29, 0.717) is 0 Å². The van der Waals surface area contributed by atoms with Crippen LogP contribution in [0.15, 0.2) is 12.2 Å². The molecule has 0 bridgehead atoms. The van der Waals surface area contributed by atoms with Crippen molar-refractivity contribution in [1.29, 1.82) is 0 Å². The largest absolute Gasteiger partial charge is 0.396 e. The van der Waals surface area contributed by atoms with Crippen molar-refractivity contribution in [2.45, 2.75) is 44.2 Å². The molecule has 17 heavy (non-hydrogen) atoms. The van der Waals surface area contributed by atoms with Crippen LogP contribution in [-0.4, -0.2) is 29.9 Å². The average Bonchev–Trinajstić information content (AvgIpc) is 2.97. The van der Waals surface area contributed by atoms with E-state index in [0.717, 1.165) is 19.3 Å². The molecule has 5 nitrogen and oxygen atoms in total. The van der Waals surface area contributed by atoms with E-state index >= 15 is 0 Å². The fraction of sp³-hybridized carbons (Fsp3) is 0.750. The first-order valence-corrected chi connectivity index (χ1v) is 6.29. The average molecular weight is 240 g/mol. The van der Waals surface area contributed by atoms with E-state index in [4.69, 9.17) is 9.94 Å². The van der Waals surface area contributed by atoms with Crippen molar-refractivity contribution in [2.24, 2.45) is 5.92 Å². The van der Waals surface area contributed by atoms with Crippen molar-refractivity contribution in [2.75, 3.05) is 6.61 Å². The summed E-state index contributed by atoms with van der Waals surface area (Å²) in [6.07, 6.45) is 9.18. The Labute approximate surface area is 101 Å². The summed E-state index contributed by atoms with van der Waals surface area (Å²) < 4.78 is 0. The summed E-state index contributed by atoms with van der Waals surface area (Å²) in [4.78, 5) is 16.8. The number of carbonyl (C=O) groups is 1. The molecular weight excluding hydrogens is 220 g/mol. The summed E-state index contributed by atoms with van der Waals surface area (Å²) in [6.45, 7) is 0.134. The third kappa shape index (κ3) is 3.71. The summed E-state index contributed by atoms with van der Waals surface area (Å²) in [7, 11) is 0. The number of hydrogen-bond acceptors (Lipinski definition) is 3. The SMILES string of the molecule is O=C(NOC1CCCC1)N[C@@H]1C=C[C@H](CO)C1. The lowest BCUT2D eigenvalue weighted by molar-refractivity contribution is -0.000193. The highest BCUT2D eigenvalue weighted by Crippen LogP contribution is 2.20. The van der Waals surface area contributed by atoms with E-state index in [-0.39, 0.29) is 30.7 Å². The minimum atomic E-state index is -0.301. The van der Waals surface area contributed by atoms with Crippen LogP contribution in [0.4, 0.5) is 4.79 Å². The number of carbonyl (C=O) groups excluding carboxylic acids is 1. The molecule has 0 saturated heterocycles. The summed E-state index contributed by atoms with van der Waals surface area (Å²) >= 11 is 0. The lowest BCUT2D eigenvalue weighted by Crippen LogP contribution is -2.42. The molecule has 2 atom stereocenters. The van der Waals surface area contributed by atoms with E-state index in [9.17, 15) is 4.79 Å². The number of rotatable bonds is 4. The van der Waals surface area contributed by atoms with Gasteiger partial charge in [-0.15, -0.1) is 0 Å². The molecule has 0 aromatic carbocycles. The van der Waals surface area contributed by atoms with Crippen LogP contribution < -0.4 is 10.8 Å². The first-order valence-electron chi connectivity index (χ1n) is 6.29. The van der Waals surface area contributed by atoms with Crippen molar-refractivity contribution in [3.8, 4) is 0 Å². The quantitative estimate of drug-likeness (QED) is 0.509. The molecule has 96 valence electrons. The molecule has 2 aliphatic rings. The summed E-state index contributed by atoms with van der Waals surface area (Å²) in [6, 6.07) is -0.301. The Bertz CT molecular complexity index is 287. The van der Waals surface area contributed by atoms with Gasteiger partial charge in [-0.2, -0.15) is 0 Å². The van der Waals surface area contributed by atoms with Crippen LogP contribution in [-0.2, 0) is 4.84 Å². The fourth-order valence-electron chi connectivity index (χ4n) is 2.36. The summed E-state index contributed by atoms with van der Waals surface area (Å²) in [5.41, 5.74) is 2.44. The molecule has 2 aliphatic carbocycles. The zero-order chi connectivity index (χ0) is 12.1. The van der Waals surface area contributed by atoms with Gasteiger partial charge in [-0.25, -0.2) is 10.3 Å². The van der Waals surface area contributed by atoms with Gasteiger partial charge < -0.3 is 10.4 Å². The first-order chi connectivity index (χ1) is 8.28. The van der Waals surface area contributed by atoms with Gasteiger partial charge >= 0.3 is 6.03 Å². The maximum Gasteiger partial charge on any atom is 0.339 e. The number of aliphatic hydroxyl groups is 1. The van der Waals surface area contributed by atoms with Gasteiger partial charge in [-0.1, -0.05) is 25.0 Å². The molecule has 0 aliphatic heterocycles. The van der Waals surface area contributed by atoms with Crippen molar-refractivity contribution in [3.05, 3.63) is 12.2 Å². The van der Waals surface area contributed by atoms with Gasteiger partial charge in [0.1, 0.15) is 0 Å². The summed E-state index contributed by atoms with van der Waals surface area (Å²) in [5, 5.41) is 11.8. The highest BCUT2D eigenvalue weighted by molar-refractivity contribution is 5.73. The topological polar surface area (TPSA) is 70.6 Å². The molecular formula is C12H20N2O3. The van der Waals surface area contributed by atoms with Crippen LogP contribution >= 0.6 is 0 Å². The molecule has 0 aromatic rings. The minimum Gasteiger partial charge on any atom is -0.396 e. The second-order valence-corrected chi connectivity index (χ2v) is 4.77. The van der Waals surface area contributed by atoms with E-state index in [2.05, 4.69) is 10.8 Å². The predicted molar refractivity (Wildman–Crippen MR) is 63.1 cm³/mol. The van der Waals surface area contributed by atoms with Crippen molar-refractivity contribution < 1.29 is 14.7 Å². The number of nitrogens with one attached hydrogen (secondary N) is 2. The molecule has 1 saturated carbocycles. The standard InChI is InChI=1S/C12H20N2O3/c15-8-9-5-6-10(7-9)13-12(16)14-17-11-3-1-2-4-11/h5-6,9-11,15H,1-4,7-8H2,(H2,13,14,16)/t9-,10+/m0/s1. The Balaban J connectivity index is 1.62. The minimum absolute atomic E-state index is 0.000622. The molecule has 1 fully saturated rings. The van der Waals surface area contributed by atoms with Gasteiger partial charge in [0.15, 0.2) is 0 Å². The van der Waals surface area contributed by atoms with E-state index in [1.165, 1.54) is 12.8 Å². The maximum atomic E-state index is 11.5. The van der Waals surface area contributed by atoms with Crippen molar-refractivity contribution >= 4 is 6.03 Å². The summed E-state index contributed by atoms with van der Waals surface area (Å²) in [5.74, 6) is 0.163. The van der Waals surface area contributed by atoms with Gasteiger partial charge in [0.2, 0.25) is 0 Å².